The third-order valence-electron chi connectivity index (χ3n) is 13.8. The number of imidazole rings is 1. The molecule has 2 aromatic heterocycles. The predicted molar refractivity (Wildman–Crippen MR) is 253 cm³/mol. The van der Waals surface area contributed by atoms with Gasteiger partial charge in [0.05, 0.1) is 19.5 Å². The van der Waals surface area contributed by atoms with E-state index in [0.717, 1.165) is 5.56 Å². The minimum Gasteiger partial charge on any atom is -0.463 e. The van der Waals surface area contributed by atoms with Crippen molar-refractivity contribution in [2.75, 3.05) is 18.9 Å². The summed E-state index contributed by atoms with van der Waals surface area (Å²) < 4.78 is 38.9. The molecule has 1 aliphatic heterocycles. The number of ether oxygens (including phenoxy) is 2. The molecule has 3 aromatic rings. The van der Waals surface area contributed by atoms with Crippen molar-refractivity contribution >= 4 is 53.5 Å². The minimum atomic E-state index is -2.53. The first kappa shape index (κ1) is 49.8. The SMILES string of the molecule is CC(C)[Si](OC[C@H]1O[C@@H](n2cnc3c(N)nc(OCCc4ccc(Cl)cc4)nc32)[C@H](O[Si](C(C)C)(C(C)C)C(C)C)[C@@H]1O[Si](C(C)C)(C(C)C)C(C)C)(C(C)C)C(C)C. The molecule has 0 bridgehead atoms. The first-order chi connectivity index (χ1) is 27.5. The van der Waals surface area contributed by atoms with Gasteiger partial charge >= 0.3 is 6.01 Å². The number of benzene rings is 1. The number of hydrogen-bond donors (Lipinski definition) is 1. The van der Waals surface area contributed by atoms with E-state index in [0.29, 0.717) is 85.7 Å². The number of anilines is 1. The first-order valence-electron chi connectivity index (χ1n) is 22.5. The highest BCUT2D eigenvalue weighted by Gasteiger charge is 2.59. The summed E-state index contributed by atoms with van der Waals surface area (Å²) in [5.74, 6) is 0.251. The molecule has 0 aliphatic carbocycles. The van der Waals surface area contributed by atoms with Gasteiger partial charge in [-0.3, -0.25) is 4.57 Å². The van der Waals surface area contributed by atoms with Crippen molar-refractivity contribution in [3.05, 3.63) is 41.2 Å². The number of hydrogen-bond acceptors (Lipinski definition) is 9. The van der Waals surface area contributed by atoms with Crippen molar-refractivity contribution in [2.24, 2.45) is 0 Å². The highest BCUT2D eigenvalue weighted by atomic mass is 35.5. The Hall–Kier alpha value is -1.85. The number of rotatable bonds is 21. The van der Waals surface area contributed by atoms with Crippen LogP contribution in [-0.4, -0.2) is 76.0 Å². The molecule has 3 heterocycles. The van der Waals surface area contributed by atoms with Crippen LogP contribution in [-0.2, 0) is 24.4 Å². The molecule has 2 N–H and O–H groups in total. The second kappa shape index (κ2) is 20.1. The fourth-order valence-electron chi connectivity index (χ4n) is 11.4. The van der Waals surface area contributed by atoms with Crippen molar-refractivity contribution < 1.29 is 22.8 Å². The lowest BCUT2D eigenvalue weighted by atomic mass is 10.1. The van der Waals surface area contributed by atoms with E-state index in [9.17, 15) is 0 Å². The molecule has 59 heavy (non-hydrogen) atoms. The van der Waals surface area contributed by atoms with Gasteiger partial charge in [0.2, 0.25) is 16.6 Å². The van der Waals surface area contributed by atoms with Crippen molar-refractivity contribution in [2.45, 2.75) is 205 Å². The first-order valence-corrected chi connectivity index (χ1v) is 29.3. The van der Waals surface area contributed by atoms with Gasteiger partial charge < -0.3 is 28.5 Å². The zero-order valence-electron chi connectivity index (χ0n) is 39.8. The number of nitrogen functional groups attached to an aromatic ring is 1. The molecule has 0 unspecified atom stereocenters. The summed E-state index contributed by atoms with van der Waals surface area (Å²) in [6, 6.07) is 7.95. The molecule has 0 spiro atoms. The third kappa shape index (κ3) is 9.87. The number of nitrogens with zero attached hydrogens (tertiary/aromatic N) is 4. The molecule has 0 radical (unpaired) electrons. The molecule has 4 atom stereocenters. The van der Waals surface area contributed by atoms with Crippen LogP contribution in [0.4, 0.5) is 5.82 Å². The zero-order valence-corrected chi connectivity index (χ0v) is 43.6. The molecule has 1 fully saturated rings. The fraction of sp³-hybridized carbons (Fsp3) is 0.756. The van der Waals surface area contributed by atoms with E-state index in [1.807, 2.05) is 28.8 Å². The van der Waals surface area contributed by atoms with Gasteiger partial charge in [0.1, 0.15) is 18.3 Å². The van der Waals surface area contributed by atoms with Crippen molar-refractivity contribution in [1.82, 2.24) is 19.5 Å². The van der Waals surface area contributed by atoms with Gasteiger partial charge in [-0.2, -0.15) is 9.97 Å². The smallest absolute Gasteiger partial charge is 0.320 e. The van der Waals surface area contributed by atoms with E-state index in [1.54, 1.807) is 6.33 Å². The summed E-state index contributed by atoms with van der Waals surface area (Å²) in [6.45, 7) is 42.9. The van der Waals surface area contributed by atoms with E-state index in [-0.39, 0.29) is 11.8 Å². The number of halogens is 1. The molecule has 334 valence electrons. The van der Waals surface area contributed by atoms with E-state index < -0.39 is 49.5 Å². The summed E-state index contributed by atoms with van der Waals surface area (Å²) in [7, 11) is -7.32. The van der Waals surface area contributed by atoms with Crippen LogP contribution in [0.1, 0.15) is 136 Å². The van der Waals surface area contributed by atoms with Crippen LogP contribution >= 0.6 is 11.6 Å². The summed E-state index contributed by atoms with van der Waals surface area (Å²) in [4.78, 5) is 14.3. The normalized spacial score (nSPS) is 19.9. The lowest BCUT2D eigenvalue weighted by molar-refractivity contribution is -0.0480. The molecule has 4 rings (SSSR count). The molecule has 0 amide bonds. The quantitative estimate of drug-likeness (QED) is 0.104. The van der Waals surface area contributed by atoms with Gasteiger partial charge in [0, 0.05) is 11.4 Å². The zero-order chi connectivity index (χ0) is 44.4. The van der Waals surface area contributed by atoms with Crippen molar-refractivity contribution in [3.63, 3.8) is 0 Å². The van der Waals surface area contributed by atoms with E-state index in [1.165, 1.54) is 0 Å². The van der Waals surface area contributed by atoms with Crippen LogP contribution in [0.25, 0.3) is 11.2 Å². The Morgan fingerprint density at radius 1 is 0.661 bits per heavy atom. The molecule has 14 heteroatoms. The van der Waals surface area contributed by atoms with E-state index in [2.05, 4.69) is 130 Å². The van der Waals surface area contributed by atoms with E-state index >= 15 is 0 Å². The van der Waals surface area contributed by atoms with Crippen LogP contribution in [0, 0.1) is 0 Å². The van der Waals surface area contributed by atoms with Gasteiger partial charge in [-0.05, 0) is 67.6 Å². The second-order valence-corrected chi connectivity index (χ2v) is 36.6. The molecular formula is C45H80ClN5O5Si3. The Morgan fingerprint density at radius 3 is 1.58 bits per heavy atom. The maximum absolute atomic E-state index is 7.96. The van der Waals surface area contributed by atoms with Gasteiger partial charge in [-0.1, -0.05) is 148 Å². The summed E-state index contributed by atoms with van der Waals surface area (Å²) in [6.07, 6.45) is 0.554. The molecule has 10 nitrogen and oxygen atoms in total. The molecule has 1 saturated heterocycles. The average Bonchev–Trinajstić information content (AvgIpc) is 3.69. The molecular weight excluding hydrogens is 810 g/mol. The average molecular weight is 891 g/mol. The van der Waals surface area contributed by atoms with Crippen LogP contribution in [0.5, 0.6) is 6.01 Å². The summed E-state index contributed by atoms with van der Waals surface area (Å²) in [5.41, 5.74) is 12.1. The summed E-state index contributed by atoms with van der Waals surface area (Å²) in [5, 5.41) is 0.698. The maximum atomic E-state index is 7.96. The minimum absolute atomic E-state index is 0.191. The standard InChI is InChI=1S/C45H80ClN5O5Si3/c1-27(2)57(28(3)4,29(5)6)53-25-38-40(55-58(30(7)8,31(9)10)32(11)12)41(56-59(33(13)14,34(15)16)35(17)18)44(54-38)51-26-48-39-42(47)49-45(50-43(39)51)52-24-23-36-19-21-37(46)22-20-36/h19-22,26-35,38,40-41,44H,23-25H2,1-18H3,(H2,47,49,50)/t38-,40-,41-,44-/m1/s1. The summed E-state index contributed by atoms with van der Waals surface area (Å²) >= 11 is 6.13. The highest BCUT2D eigenvalue weighted by Crippen LogP contribution is 2.51. The van der Waals surface area contributed by atoms with Crippen molar-refractivity contribution in [3.8, 4) is 6.01 Å². The van der Waals surface area contributed by atoms with E-state index in [4.69, 9.17) is 50.1 Å². The van der Waals surface area contributed by atoms with Crippen LogP contribution in [0.2, 0.25) is 54.9 Å². The maximum Gasteiger partial charge on any atom is 0.320 e. The van der Waals surface area contributed by atoms with Gasteiger partial charge in [-0.15, -0.1) is 0 Å². The Labute approximate surface area is 365 Å². The topological polar surface area (TPSA) is 116 Å². The predicted octanol–water partition coefficient (Wildman–Crippen LogP) is 12.9. The second-order valence-electron chi connectivity index (χ2n) is 19.9. The highest BCUT2D eigenvalue weighted by molar-refractivity contribution is 6.78. The van der Waals surface area contributed by atoms with Crippen LogP contribution < -0.4 is 10.5 Å². The van der Waals surface area contributed by atoms with Crippen LogP contribution in [0.3, 0.4) is 0 Å². The monoisotopic (exact) mass is 890 g/mol. The number of nitrogens with two attached hydrogens (primary N) is 1. The van der Waals surface area contributed by atoms with Gasteiger partial charge in [0.15, 0.2) is 31.5 Å². The molecule has 1 aromatic carbocycles. The number of fused-ring (bicyclic) bond motifs is 1. The number of aromatic nitrogens is 4. The Balaban J connectivity index is 1.95. The van der Waals surface area contributed by atoms with Gasteiger partial charge in [0.25, 0.3) is 0 Å². The van der Waals surface area contributed by atoms with Crippen molar-refractivity contribution in [1.29, 1.82) is 0 Å². The lowest BCUT2D eigenvalue weighted by Crippen LogP contribution is -2.58. The van der Waals surface area contributed by atoms with Crippen LogP contribution in [0.15, 0.2) is 30.6 Å². The largest absolute Gasteiger partial charge is 0.463 e. The Bertz CT molecular complexity index is 1720. The lowest BCUT2D eigenvalue weighted by Gasteiger charge is -2.49. The fourth-order valence-corrected chi connectivity index (χ4v) is 28.1. The molecule has 0 saturated carbocycles. The molecule has 1 aliphatic rings. The van der Waals surface area contributed by atoms with Gasteiger partial charge in [-0.25, -0.2) is 4.98 Å². The third-order valence-corrected chi connectivity index (χ3v) is 32.3. The Morgan fingerprint density at radius 2 is 1.12 bits per heavy atom. The Kier molecular flexibility index (Phi) is 17.0.